The van der Waals surface area contributed by atoms with Crippen molar-refractivity contribution in [3.63, 3.8) is 0 Å². The molecule has 2 aromatic heterocycles. The molecule has 0 aliphatic rings. The zero-order valence-corrected chi connectivity index (χ0v) is 55.1. The summed E-state index contributed by atoms with van der Waals surface area (Å²) in [5, 5.41) is 13.0. The van der Waals surface area contributed by atoms with Crippen LogP contribution in [0.5, 0.6) is 0 Å². The van der Waals surface area contributed by atoms with E-state index in [0.717, 1.165) is 81.8 Å². The molecule has 16 aromatic carbocycles. The molecule has 0 spiro atoms. The van der Waals surface area contributed by atoms with Gasteiger partial charge in [0.2, 0.25) is 0 Å². The molecule has 5 heteroatoms. The molecule has 0 fully saturated rings. The SMILES string of the molecule is Ic1cccc2c1oc1c(-c3ccccc3)cc3ccccc3c12.c1ccc(-c2ccc(N(c3ccc(-c4ccccc4)cc3)c3cccc4c3oc3c(-c5ccccc5)cc5ccccc5c34)cc2)cc1.c1ccc(-c2ccc(Nc3ccc(-c4ccccc4)cc3)cc2)cc1. The van der Waals surface area contributed by atoms with Crippen molar-refractivity contribution in [3.8, 4) is 66.8 Å². The summed E-state index contributed by atoms with van der Waals surface area (Å²) in [6.07, 6.45) is 0. The number of anilines is 5. The van der Waals surface area contributed by atoms with Crippen LogP contribution in [0.1, 0.15) is 0 Å². The Labute approximate surface area is 577 Å². The van der Waals surface area contributed by atoms with Crippen LogP contribution in [0.15, 0.2) is 385 Å². The Hall–Kier alpha value is -12.0. The molecule has 0 radical (unpaired) electrons. The Morgan fingerprint density at radius 2 is 0.536 bits per heavy atom. The van der Waals surface area contributed by atoms with E-state index in [1.54, 1.807) is 0 Å². The molecule has 0 atom stereocenters. The van der Waals surface area contributed by atoms with Crippen molar-refractivity contribution in [2.24, 2.45) is 0 Å². The predicted molar refractivity (Wildman–Crippen MR) is 419 cm³/mol. The molecule has 97 heavy (non-hydrogen) atoms. The van der Waals surface area contributed by atoms with Crippen LogP contribution < -0.4 is 10.2 Å². The molecule has 0 unspecified atom stereocenters. The fourth-order valence-electron chi connectivity index (χ4n) is 13.3. The van der Waals surface area contributed by atoms with Gasteiger partial charge >= 0.3 is 0 Å². The first-order valence-corrected chi connectivity index (χ1v) is 33.8. The van der Waals surface area contributed by atoms with Gasteiger partial charge in [-0.05, 0) is 173 Å². The summed E-state index contributed by atoms with van der Waals surface area (Å²) in [4.78, 5) is 2.32. The Bertz CT molecular complexity index is 5560. The van der Waals surface area contributed by atoms with Crippen LogP contribution in [0.2, 0.25) is 0 Å². The lowest BCUT2D eigenvalue weighted by Crippen LogP contribution is -2.10. The molecule has 0 bridgehead atoms. The molecule has 460 valence electrons. The van der Waals surface area contributed by atoms with Gasteiger partial charge in [-0.15, -0.1) is 0 Å². The number of furan rings is 2. The van der Waals surface area contributed by atoms with Crippen LogP contribution >= 0.6 is 22.6 Å². The molecule has 18 aromatic rings. The summed E-state index contributed by atoms with van der Waals surface area (Å²) in [5.74, 6) is 0. The Morgan fingerprint density at radius 3 is 0.928 bits per heavy atom. The van der Waals surface area contributed by atoms with Crippen molar-refractivity contribution in [2.45, 2.75) is 0 Å². The number of hydrogen-bond acceptors (Lipinski definition) is 4. The van der Waals surface area contributed by atoms with Gasteiger partial charge in [-0.1, -0.05) is 303 Å². The van der Waals surface area contributed by atoms with E-state index in [1.165, 1.54) is 82.4 Å². The van der Waals surface area contributed by atoms with Gasteiger partial charge in [0, 0.05) is 55.4 Å². The van der Waals surface area contributed by atoms with Gasteiger partial charge in [0.1, 0.15) is 16.7 Å². The highest BCUT2D eigenvalue weighted by Gasteiger charge is 2.23. The van der Waals surface area contributed by atoms with Crippen molar-refractivity contribution in [2.75, 3.05) is 10.2 Å². The third-order valence-corrected chi connectivity index (χ3v) is 18.9. The van der Waals surface area contributed by atoms with E-state index in [9.17, 15) is 0 Å². The van der Waals surface area contributed by atoms with E-state index in [0.29, 0.717) is 0 Å². The zero-order valence-electron chi connectivity index (χ0n) is 52.9. The second kappa shape index (κ2) is 27.1. The minimum absolute atomic E-state index is 0.861. The van der Waals surface area contributed by atoms with E-state index >= 15 is 0 Å². The van der Waals surface area contributed by atoms with Gasteiger partial charge < -0.3 is 19.1 Å². The van der Waals surface area contributed by atoms with Crippen LogP contribution in [0.3, 0.4) is 0 Å². The van der Waals surface area contributed by atoms with Crippen molar-refractivity contribution < 1.29 is 8.83 Å². The molecular weight excluding hydrogens is 1290 g/mol. The van der Waals surface area contributed by atoms with Gasteiger partial charge in [0.25, 0.3) is 0 Å². The number of fused-ring (bicyclic) bond motifs is 10. The number of benzene rings is 16. The maximum Gasteiger partial charge on any atom is 0.159 e. The summed E-state index contributed by atoms with van der Waals surface area (Å²) in [6, 6.07) is 132. The van der Waals surface area contributed by atoms with E-state index in [-0.39, 0.29) is 0 Å². The van der Waals surface area contributed by atoms with Gasteiger partial charge in [0.15, 0.2) is 5.58 Å². The molecule has 0 saturated carbocycles. The third-order valence-electron chi connectivity index (χ3n) is 18.1. The lowest BCUT2D eigenvalue weighted by atomic mass is 9.96. The van der Waals surface area contributed by atoms with Crippen LogP contribution in [0.25, 0.3) is 132 Å². The number of para-hydroxylation sites is 2. The summed E-state index contributed by atoms with van der Waals surface area (Å²) in [5.41, 5.74) is 23.2. The first-order chi connectivity index (χ1) is 48.0. The van der Waals surface area contributed by atoms with Crippen LogP contribution in [-0.2, 0) is 0 Å². The topological polar surface area (TPSA) is 41.6 Å². The highest BCUT2D eigenvalue weighted by atomic mass is 127. The lowest BCUT2D eigenvalue weighted by molar-refractivity contribution is 0.668. The number of nitrogens with zero attached hydrogens (tertiary/aromatic N) is 1. The Morgan fingerprint density at radius 1 is 0.237 bits per heavy atom. The molecule has 18 rings (SSSR count). The highest BCUT2D eigenvalue weighted by molar-refractivity contribution is 14.1. The molecule has 0 aliphatic carbocycles. The Balaban J connectivity index is 0.000000126. The number of halogens is 1. The van der Waals surface area contributed by atoms with E-state index in [2.05, 4.69) is 391 Å². The van der Waals surface area contributed by atoms with Gasteiger partial charge in [-0.2, -0.15) is 0 Å². The molecule has 0 aliphatic heterocycles. The zero-order chi connectivity index (χ0) is 64.9. The average molecular weight is 1360 g/mol. The average Bonchev–Trinajstić information content (AvgIpc) is 1.60. The fraction of sp³-hybridized carbons (Fsp3) is 0. The van der Waals surface area contributed by atoms with Crippen LogP contribution in [0.4, 0.5) is 28.4 Å². The monoisotopic (exact) mass is 1350 g/mol. The van der Waals surface area contributed by atoms with Gasteiger partial charge in [-0.3, -0.25) is 0 Å². The van der Waals surface area contributed by atoms with E-state index in [1.807, 2.05) is 18.2 Å². The highest BCUT2D eigenvalue weighted by Crippen LogP contribution is 2.48. The standard InChI is InChI=1S/C46H31NO.C24H19N.C22H13IO/c1-4-13-32(14-5-1)34-23-27-38(28-24-34)47(39-29-25-35(26-30-39)33-15-6-2-7-16-33)43-22-12-21-41-44-40-20-11-10-19-37(40)31-42(46(44)48-45(41)43)36-17-8-3-9-18-36;1-3-7-19(8-4-1)21-11-15-23(16-12-21)25-24-17-13-22(14-18-24)20-9-5-2-6-10-20;23-19-12-6-11-17-20-16-10-5-4-9-15(16)13-18(22(20)24-21(17)19)14-7-2-1-3-8-14/h1-31H;1-18,25H;1-13H. The third kappa shape index (κ3) is 12.3. The van der Waals surface area contributed by atoms with Crippen LogP contribution in [-0.4, -0.2) is 0 Å². The lowest BCUT2D eigenvalue weighted by Gasteiger charge is -2.26. The van der Waals surface area contributed by atoms with E-state index in [4.69, 9.17) is 8.83 Å². The molecule has 1 N–H and O–H groups in total. The number of rotatable bonds is 11. The smallest absolute Gasteiger partial charge is 0.159 e. The first kappa shape index (κ1) is 59.9. The molecule has 2 heterocycles. The minimum atomic E-state index is 0.861. The van der Waals surface area contributed by atoms with Crippen molar-refractivity contribution >= 4 is 116 Å². The quantitative estimate of drug-likeness (QED) is 0.131. The number of hydrogen-bond donors (Lipinski definition) is 1. The summed E-state index contributed by atoms with van der Waals surface area (Å²) in [7, 11) is 0. The minimum Gasteiger partial charge on any atom is -0.454 e. The van der Waals surface area contributed by atoms with Crippen molar-refractivity contribution in [1.82, 2.24) is 0 Å². The first-order valence-electron chi connectivity index (χ1n) is 32.7. The molecule has 0 amide bonds. The number of nitrogens with one attached hydrogen (secondary N) is 1. The molecular formula is C92H63IN2O2. The summed E-state index contributed by atoms with van der Waals surface area (Å²) < 4.78 is 14.6. The van der Waals surface area contributed by atoms with Gasteiger partial charge in [0.05, 0.1) is 9.26 Å². The second-order valence-corrected chi connectivity index (χ2v) is 25.2. The maximum absolute atomic E-state index is 7.05. The largest absolute Gasteiger partial charge is 0.454 e. The van der Waals surface area contributed by atoms with Crippen LogP contribution in [0, 0.1) is 3.57 Å². The predicted octanol–water partition coefficient (Wildman–Crippen LogP) is 27.0. The normalized spacial score (nSPS) is 11.1. The van der Waals surface area contributed by atoms with Gasteiger partial charge in [-0.25, -0.2) is 0 Å². The second-order valence-electron chi connectivity index (χ2n) is 24.1. The molecule has 4 nitrogen and oxygen atoms in total. The summed E-state index contributed by atoms with van der Waals surface area (Å²) in [6.45, 7) is 0. The summed E-state index contributed by atoms with van der Waals surface area (Å²) >= 11 is 2.35. The molecule has 0 saturated heterocycles. The van der Waals surface area contributed by atoms with Crippen molar-refractivity contribution in [1.29, 1.82) is 0 Å². The Kier molecular flexibility index (Phi) is 16.8. The van der Waals surface area contributed by atoms with Crippen molar-refractivity contribution in [3.05, 3.63) is 380 Å². The fourth-order valence-corrected chi connectivity index (χ4v) is 13.9. The maximum atomic E-state index is 7.05. The van der Waals surface area contributed by atoms with E-state index < -0.39 is 0 Å².